The van der Waals surface area contributed by atoms with Crippen molar-refractivity contribution in [1.29, 1.82) is 0 Å². The van der Waals surface area contributed by atoms with Crippen LogP contribution in [0.15, 0.2) is 67.8 Å². The number of fused-ring (bicyclic) bond motifs is 2. The van der Waals surface area contributed by atoms with Gasteiger partial charge in [-0.2, -0.15) is 0 Å². The van der Waals surface area contributed by atoms with Crippen molar-refractivity contribution < 1.29 is 24.2 Å². The van der Waals surface area contributed by atoms with Crippen LogP contribution < -0.4 is 4.90 Å². The average Bonchev–Trinajstić information content (AvgIpc) is 3.54. The van der Waals surface area contributed by atoms with Crippen molar-refractivity contribution in [3.05, 3.63) is 67.8 Å². The molecule has 6 atom stereocenters. The first-order valence-electron chi connectivity index (χ1n) is 15.0. The monoisotopic (exact) mass is 590 g/mol. The fourth-order valence-electron chi connectivity index (χ4n) is 7.41. The lowest BCUT2D eigenvalue weighted by molar-refractivity contribution is -0.156. The highest BCUT2D eigenvalue weighted by Gasteiger charge is 2.78. The topological polar surface area (TPSA) is 87.1 Å². The van der Waals surface area contributed by atoms with Crippen LogP contribution >= 0.6 is 11.8 Å². The maximum Gasteiger partial charge on any atom is 0.311 e. The molecule has 2 bridgehead atoms. The number of thioether (sulfide) groups is 1. The Balaban J connectivity index is 1.58. The molecule has 3 heterocycles. The molecule has 8 heteroatoms. The number of rotatable bonds is 12. The number of nitrogens with zero attached hydrogens (tertiary/aromatic N) is 2. The lowest BCUT2D eigenvalue weighted by Crippen LogP contribution is -2.58. The number of aliphatic hydroxyl groups excluding tert-OH is 1. The number of carbonyl (C=O) groups excluding carboxylic acids is 3. The molecule has 2 aromatic rings. The van der Waals surface area contributed by atoms with E-state index < -0.39 is 33.4 Å². The van der Waals surface area contributed by atoms with E-state index in [1.54, 1.807) is 33.7 Å². The summed E-state index contributed by atoms with van der Waals surface area (Å²) in [6.07, 6.45) is 6.23. The van der Waals surface area contributed by atoms with Crippen LogP contribution in [0.2, 0.25) is 0 Å². The van der Waals surface area contributed by atoms with E-state index in [4.69, 9.17) is 4.74 Å². The zero-order valence-electron chi connectivity index (χ0n) is 24.8. The van der Waals surface area contributed by atoms with Gasteiger partial charge in [0, 0.05) is 17.0 Å². The molecule has 2 unspecified atom stereocenters. The molecule has 1 spiro atoms. The normalized spacial score (nSPS) is 28.6. The number of unbranched alkanes of at least 4 members (excludes halogenated alkanes) is 1. The summed E-state index contributed by atoms with van der Waals surface area (Å²) < 4.78 is 4.42. The molecule has 0 radical (unpaired) electrons. The van der Waals surface area contributed by atoms with Gasteiger partial charge in [0.25, 0.3) is 5.91 Å². The highest BCUT2D eigenvalue weighted by molar-refractivity contribution is 8.02. The summed E-state index contributed by atoms with van der Waals surface area (Å²) in [5.74, 6) is -2.27. The summed E-state index contributed by atoms with van der Waals surface area (Å²) in [6, 6.07) is 12.5. The summed E-state index contributed by atoms with van der Waals surface area (Å²) in [5.41, 5.74) is 0.720. The number of ether oxygens (including phenoxy) is 1. The summed E-state index contributed by atoms with van der Waals surface area (Å²) in [4.78, 5) is 46.4. The van der Waals surface area contributed by atoms with Gasteiger partial charge < -0.3 is 19.6 Å². The molecule has 3 aliphatic rings. The van der Waals surface area contributed by atoms with Crippen LogP contribution in [0.1, 0.15) is 46.5 Å². The minimum Gasteiger partial charge on any atom is -0.465 e. The van der Waals surface area contributed by atoms with Crippen molar-refractivity contribution in [2.75, 3.05) is 24.7 Å². The Bertz CT molecular complexity index is 1390. The number of aliphatic hydroxyl groups is 1. The van der Waals surface area contributed by atoms with Gasteiger partial charge in [-0.25, -0.2) is 0 Å². The number of esters is 1. The minimum atomic E-state index is -0.841. The number of anilines is 1. The lowest BCUT2D eigenvalue weighted by Gasteiger charge is -2.40. The molecule has 3 fully saturated rings. The molecule has 7 nitrogen and oxygen atoms in total. The van der Waals surface area contributed by atoms with E-state index in [1.807, 2.05) is 63.2 Å². The molecular formula is C34H42N2O5S. The Labute approximate surface area is 253 Å². The minimum absolute atomic E-state index is 0.0971. The van der Waals surface area contributed by atoms with Crippen molar-refractivity contribution in [1.82, 2.24) is 4.90 Å². The summed E-state index contributed by atoms with van der Waals surface area (Å²) in [5, 5.41) is 12.6. The van der Waals surface area contributed by atoms with Gasteiger partial charge >= 0.3 is 5.97 Å². The summed E-state index contributed by atoms with van der Waals surface area (Å²) >= 11 is 1.61. The quantitative estimate of drug-likeness (QED) is 0.203. The maximum absolute atomic E-state index is 14.9. The molecule has 1 N–H and O–H groups in total. The number of hydrogen-bond donors (Lipinski definition) is 1. The Hall–Kier alpha value is -3.10. The lowest BCUT2D eigenvalue weighted by atomic mass is 9.66. The Kier molecular flexibility index (Phi) is 8.59. The van der Waals surface area contributed by atoms with Gasteiger partial charge in [-0.05, 0) is 61.4 Å². The molecular weight excluding hydrogens is 548 g/mol. The van der Waals surface area contributed by atoms with Gasteiger partial charge in [-0.15, -0.1) is 24.9 Å². The van der Waals surface area contributed by atoms with Crippen molar-refractivity contribution >= 4 is 46.0 Å². The molecule has 2 aromatic carbocycles. The predicted molar refractivity (Wildman–Crippen MR) is 168 cm³/mol. The zero-order valence-corrected chi connectivity index (χ0v) is 25.6. The second kappa shape index (κ2) is 11.9. The predicted octanol–water partition coefficient (Wildman–Crippen LogP) is 5.37. The molecule has 0 saturated carbocycles. The number of carbonyl (C=O) groups is 3. The van der Waals surface area contributed by atoms with Gasteiger partial charge in [0.1, 0.15) is 6.04 Å². The molecule has 42 heavy (non-hydrogen) atoms. The molecule has 3 saturated heterocycles. The van der Waals surface area contributed by atoms with Crippen molar-refractivity contribution in [3.8, 4) is 0 Å². The standard InChI is InChI=1S/C34H42N2O5S/c1-6-8-11-19-41-32(40)28-27-30(38)36(26(21-37)22(3)4)29(34(27)17-16-33(28,5)42-34)31(39)35(18-7-2)25-15-14-23-12-9-10-13-24(23)20-25/h6-7,9-10,12-15,20,22,26-29,37H,1-2,8,11,16-19,21H2,3-5H3/t26-,27-,28+,29?,33-,34?/m0/s1. The molecule has 0 aliphatic carbocycles. The van der Waals surface area contributed by atoms with Gasteiger partial charge in [0.2, 0.25) is 5.91 Å². The van der Waals surface area contributed by atoms with Crippen LogP contribution in [-0.4, -0.2) is 69.1 Å². The molecule has 3 aliphatic heterocycles. The van der Waals surface area contributed by atoms with Crippen molar-refractivity contribution in [2.24, 2.45) is 17.8 Å². The molecule has 2 amide bonds. The summed E-state index contributed by atoms with van der Waals surface area (Å²) in [7, 11) is 0. The Morgan fingerprint density at radius 1 is 1.17 bits per heavy atom. The second-order valence-corrected chi connectivity index (χ2v) is 14.2. The second-order valence-electron chi connectivity index (χ2n) is 12.3. The van der Waals surface area contributed by atoms with Gasteiger partial charge in [-0.1, -0.05) is 56.3 Å². The fraction of sp³-hybridized carbons (Fsp3) is 0.500. The largest absolute Gasteiger partial charge is 0.465 e. The van der Waals surface area contributed by atoms with E-state index in [9.17, 15) is 19.5 Å². The first-order chi connectivity index (χ1) is 20.1. The average molecular weight is 591 g/mol. The summed E-state index contributed by atoms with van der Waals surface area (Å²) in [6.45, 7) is 13.8. The van der Waals surface area contributed by atoms with Crippen molar-refractivity contribution in [2.45, 2.75) is 68.0 Å². The third-order valence-corrected chi connectivity index (χ3v) is 11.4. The van der Waals surface area contributed by atoms with Gasteiger partial charge in [-0.3, -0.25) is 14.4 Å². The van der Waals surface area contributed by atoms with Gasteiger partial charge in [0.15, 0.2) is 0 Å². The van der Waals surface area contributed by atoms with E-state index in [1.165, 1.54) is 0 Å². The number of amides is 2. The number of likely N-dealkylation sites (tertiary alicyclic amines) is 1. The third kappa shape index (κ3) is 4.86. The zero-order chi connectivity index (χ0) is 30.2. The number of hydrogen-bond acceptors (Lipinski definition) is 6. The van der Waals surface area contributed by atoms with E-state index >= 15 is 0 Å². The van der Waals surface area contributed by atoms with E-state index in [2.05, 4.69) is 13.2 Å². The Morgan fingerprint density at radius 3 is 2.57 bits per heavy atom. The van der Waals surface area contributed by atoms with E-state index in [0.717, 1.165) is 22.9 Å². The smallest absolute Gasteiger partial charge is 0.311 e. The number of benzene rings is 2. The Morgan fingerprint density at radius 2 is 1.90 bits per heavy atom. The van der Waals surface area contributed by atoms with Gasteiger partial charge in [0.05, 0.1) is 35.8 Å². The fourth-order valence-corrected chi connectivity index (χ4v) is 9.74. The number of allylic oxidation sites excluding steroid dienone is 1. The molecule has 224 valence electrons. The van der Waals surface area contributed by atoms with Crippen LogP contribution in [0, 0.1) is 17.8 Å². The van der Waals surface area contributed by atoms with Crippen molar-refractivity contribution in [3.63, 3.8) is 0 Å². The highest BCUT2D eigenvalue weighted by atomic mass is 32.2. The van der Waals surface area contributed by atoms with E-state index in [-0.39, 0.29) is 43.5 Å². The van der Waals surface area contributed by atoms with Crippen LogP contribution in [0.4, 0.5) is 5.69 Å². The first-order valence-corrected chi connectivity index (χ1v) is 15.8. The van der Waals surface area contributed by atoms with Crippen LogP contribution in [-0.2, 0) is 19.1 Å². The third-order valence-electron chi connectivity index (χ3n) is 9.44. The first kappa shape index (κ1) is 30.4. The molecule has 0 aromatic heterocycles. The highest BCUT2D eigenvalue weighted by Crippen LogP contribution is 2.72. The van der Waals surface area contributed by atoms with E-state index in [0.29, 0.717) is 19.3 Å². The van der Waals surface area contributed by atoms with Crippen LogP contribution in [0.25, 0.3) is 10.8 Å². The van der Waals surface area contributed by atoms with Crippen LogP contribution in [0.3, 0.4) is 0 Å². The SMILES string of the molecule is C=CCCCOC(=O)[C@H]1[C@H]2C(=O)N([C@@H](CO)C(C)C)C(C(=O)N(CC=C)c3ccc4ccccc4c3)C23CC[C@]1(C)S3. The molecule has 5 rings (SSSR count). The maximum atomic E-state index is 14.9. The van der Waals surface area contributed by atoms with Crippen LogP contribution in [0.5, 0.6) is 0 Å².